The Labute approximate surface area is 272 Å². The molecule has 0 fully saturated rings. The van der Waals surface area contributed by atoms with Crippen LogP contribution in [0.4, 0.5) is 4.79 Å². The number of sulfonamides is 1. The zero-order valence-corrected chi connectivity index (χ0v) is 30.9. The maximum atomic E-state index is 13.9. The second-order valence-electron chi connectivity index (χ2n) is 15.1. The van der Waals surface area contributed by atoms with Gasteiger partial charge < -0.3 is 19.0 Å². The van der Waals surface area contributed by atoms with E-state index in [2.05, 4.69) is 57.8 Å². The van der Waals surface area contributed by atoms with Gasteiger partial charge in [-0.15, -0.1) is 0 Å². The first kappa shape index (κ1) is 38.7. The summed E-state index contributed by atoms with van der Waals surface area (Å²) in [4.78, 5) is 13.2. The van der Waals surface area contributed by atoms with Gasteiger partial charge in [-0.25, -0.2) is 13.2 Å². The predicted molar refractivity (Wildman–Crippen MR) is 182 cm³/mol. The summed E-state index contributed by atoms with van der Waals surface area (Å²) in [5.41, 5.74) is -2.21. The monoisotopic (exact) mass is 664 g/mol. The lowest BCUT2D eigenvalue weighted by Gasteiger charge is -2.41. The molecule has 3 N–H and O–H groups in total. The molecule has 2 atom stereocenters. The van der Waals surface area contributed by atoms with Gasteiger partial charge in [0.05, 0.1) is 18.1 Å². The Balaban J connectivity index is 2.46. The summed E-state index contributed by atoms with van der Waals surface area (Å²) in [6.45, 7) is 21.0. The lowest BCUT2D eigenvalue weighted by atomic mass is 9.81. The van der Waals surface area contributed by atoms with Gasteiger partial charge in [-0.2, -0.15) is 4.72 Å². The Morgan fingerprint density at radius 2 is 1.49 bits per heavy atom. The smallest absolute Gasteiger partial charge is 0.409 e. The summed E-state index contributed by atoms with van der Waals surface area (Å²) >= 11 is 0. The molecule has 1 amide bonds. The molecule has 11 heteroatoms. The maximum Gasteiger partial charge on any atom is 0.409 e. The van der Waals surface area contributed by atoms with Crippen molar-refractivity contribution in [2.45, 2.75) is 121 Å². The van der Waals surface area contributed by atoms with Gasteiger partial charge in [0.2, 0.25) is 10.0 Å². The van der Waals surface area contributed by atoms with Crippen molar-refractivity contribution in [1.29, 1.82) is 0 Å². The third-order valence-corrected chi connectivity index (χ3v) is 14.5. The van der Waals surface area contributed by atoms with Crippen LogP contribution < -0.4 is 14.8 Å². The van der Waals surface area contributed by atoms with Crippen LogP contribution >= 0.6 is 0 Å². The number of hydrogen-bond donors (Lipinski definition) is 3. The van der Waals surface area contributed by atoms with E-state index < -0.39 is 41.8 Å². The normalized spacial score (nSPS) is 15.2. The van der Waals surface area contributed by atoms with E-state index in [1.165, 1.54) is 19.2 Å². The van der Waals surface area contributed by atoms with Crippen LogP contribution in [0.5, 0.6) is 5.75 Å². The second kappa shape index (κ2) is 15.0. The first-order chi connectivity index (χ1) is 20.5. The van der Waals surface area contributed by atoms with Gasteiger partial charge in [0.15, 0.2) is 8.32 Å². The van der Waals surface area contributed by atoms with E-state index >= 15 is 0 Å². The van der Waals surface area contributed by atoms with Crippen LogP contribution in [-0.2, 0) is 25.6 Å². The van der Waals surface area contributed by atoms with Crippen molar-refractivity contribution in [3.05, 3.63) is 60.2 Å². The molecule has 2 unspecified atom stereocenters. The highest BCUT2D eigenvalue weighted by atomic mass is 32.2. The number of carbonyl (C=O) groups excluding carboxylic acids is 1. The standard InChI is InChI=1S/C34H56N2O7SSi/c1-31(2,3)43-30(38)35-34(25-26-15-13-12-14-16-26,36-44(39,40)28-19-17-27(41-9)18-20-28)29(37)21-22-33(7,8)23-24-42-45(10,11)32(4,5)6/h12-20,29,36-37H,21-25H2,1-11H3,(H,35,38). The maximum absolute atomic E-state index is 13.9. The van der Waals surface area contributed by atoms with E-state index in [1.807, 2.05) is 30.3 Å². The molecule has 2 rings (SSSR count). The Hall–Kier alpha value is -2.44. The third-order valence-electron chi connectivity index (χ3n) is 8.45. The Morgan fingerprint density at radius 3 is 2.00 bits per heavy atom. The number of methoxy groups -OCH3 is 1. The van der Waals surface area contributed by atoms with Crippen LogP contribution in [0.25, 0.3) is 0 Å². The lowest BCUT2D eigenvalue weighted by Crippen LogP contribution is -2.68. The summed E-state index contributed by atoms with van der Waals surface area (Å²) in [5.74, 6) is 0.496. The zero-order valence-electron chi connectivity index (χ0n) is 29.1. The van der Waals surface area contributed by atoms with Crippen LogP contribution in [0.2, 0.25) is 18.1 Å². The van der Waals surface area contributed by atoms with Crippen LogP contribution in [0.15, 0.2) is 59.5 Å². The number of nitrogens with one attached hydrogen (secondary N) is 2. The second-order valence-corrected chi connectivity index (χ2v) is 21.6. The molecule has 45 heavy (non-hydrogen) atoms. The van der Waals surface area contributed by atoms with Crippen LogP contribution in [0.3, 0.4) is 0 Å². The number of hydrogen-bond acceptors (Lipinski definition) is 7. The fraction of sp³-hybridized carbons (Fsp3) is 0.618. The largest absolute Gasteiger partial charge is 0.497 e. The topological polar surface area (TPSA) is 123 Å². The molecule has 0 bridgehead atoms. The van der Waals surface area contributed by atoms with Crippen LogP contribution in [0.1, 0.15) is 80.2 Å². The number of aliphatic hydroxyl groups excluding tert-OH is 1. The molecule has 0 saturated heterocycles. The Kier molecular flexibility index (Phi) is 12.9. The minimum Gasteiger partial charge on any atom is -0.497 e. The predicted octanol–water partition coefficient (Wildman–Crippen LogP) is 7.02. The highest BCUT2D eigenvalue weighted by molar-refractivity contribution is 7.89. The molecule has 0 aliphatic rings. The molecule has 0 aromatic heterocycles. The molecule has 0 aliphatic heterocycles. The van der Waals surface area contributed by atoms with Crippen molar-refractivity contribution in [2.75, 3.05) is 13.7 Å². The molecule has 9 nitrogen and oxygen atoms in total. The molecule has 0 aliphatic carbocycles. The summed E-state index contributed by atoms with van der Waals surface area (Å²) in [7, 11) is -4.67. The van der Waals surface area contributed by atoms with E-state index in [-0.39, 0.29) is 28.2 Å². The Bertz CT molecular complexity index is 1340. The lowest BCUT2D eigenvalue weighted by molar-refractivity contribution is 0.00916. The average molecular weight is 665 g/mol. The number of alkyl carbamates (subject to hydrolysis) is 1. The average Bonchev–Trinajstić information content (AvgIpc) is 2.90. The number of rotatable bonds is 15. The number of ether oxygens (including phenoxy) is 2. The van der Waals surface area contributed by atoms with Gasteiger partial charge in [0.25, 0.3) is 0 Å². The van der Waals surface area contributed by atoms with E-state index in [1.54, 1.807) is 32.9 Å². The summed E-state index contributed by atoms with van der Waals surface area (Å²) in [5, 5.41) is 14.8. The van der Waals surface area contributed by atoms with Crippen molar-refractivity contribution in [3.8, 4) is 5.75 Å². The quantitative estimate of drug-likeness (QED) is 0.138. The molecule has 0 radical (unpaired) electrons. The van der Waals surface area contributed by atoms with Crippen LogP contribution in [0, 0.1) is 5.41 Å². The van der Waals surface area contributed by atoms with Gasteiger partial charge in [-0.3, -0.25) is 5.32 Å². The summed E-state index contributed by atoms with van der Waals surface area (Å²) < 4.78 is 47.6. The zero-order chi connectivity index (χ0) is 34.3. The highest BCUT2D eigenvalue weighted by Gasteiger charge is 2.45. The van der Waals surface area contributed by atoms with Crippen LogP contribution in [-0.4, -0.2) is 59.0 Å². The molecule has 254 valence electrons. The van der Waals surface area contributed by atoms with Gasteiger partial charge in [-0.1, -0.05) is 65.0 Å². The molecule has 0 heterocycles. The highest BCUT2D eigenvalue weighted by Crippen LogP contribution is 2.38. The first-order valence-corrected chi connectivity index (χ1v) is 20.0. The number of aliphatic hydroxyl groups is 1. The number of carbonyl (C=O) groups is 1. The van der Waals surface area contributed by atoms with Crippen molar-refractivity contribution in [3.63, 3.8) is 0 Å². The first-order valence-electron chi connectivity index (χ1n) is 15.6. The molecular formula is C34H56N2O7SSi. The molecular weight excluding hydrogens is 609 g/mol. The summed E-state index contributed by atoms with van der Waals surface area (Å²) in [6.07, 6.45) is -0.698. The van der Waals surface area contributed by atoms with Crippen molar-refractivity contribution in [1.82, 2.24) is 10.0 Å². The van der Waals surface area contributed by atoms with E-state index in [0.29, 0.717) is 24.3 Å². The SMILES string of the molecule is COc1ccc(S(=O)(=O)NC(Cc2ccccc2)(NC(=O)OC(C)(C)C)C(O)CCC(C)(C)CCO[Si](C)(C)C(C)(C)C)cc1. The molecule has 2 aromatic carbocycles. The van der Waals surface area contributed by atoms with Gasteiger partial charge in [-0.05, 0) is 93.4 Å². The van der Waals surface area contributed by atoms with Crippen molar-refractivity contribution in [2.24, 2.45) is 5.41 Å². The molecule has 2 aromatic rings. The third kappa shape index (κ3) is 12.0. The fourth-order valence-electron chi connectivity index (χ4n) is 4.53. The van der Waals surface area contributed by atoms with Crippen molar-refractivity contribution < 1.29 is 32.2 Å². The fourth-order valence-corrected chi connectivity index (χ4v) is 6.93. The van der Waals surface area contributed by atoms with Gasteiger partial charge >= 0.3 is 6.09 Å². The number of benzene rings is 2. The van der Waals surface area contributed by atoms with Crippen molar-refractivity contribution >= 4 is 24.4 Å². The minimum atomic E-state index is -4.25. The van der Waals surface area contributed by atoms with Gasteiger partial charge in [0.1, 0.15) is 17.0 Å². The number of amides is 1. The van der Waals surface area contributed by atoms with Gasteiger partial charge in [0, 0.05) is 13.0 Å². The Morgan fingerprint density at radius 1 is 0.911 bits per heavy atom. The minimum absolute atomic E-state index is 0.0292. The van der Waals surface area contributed by atoms with E-state index in [4.69, 9.17) is 13.9 Å². The van der Waals surface area contributed by atoms with E-state index in [0.717, 1.165) is 6.42 Å². The summed E-state index contributed by atoms with van der Waals surface area (Å²) in [6, 6.07) is 15.1. The molecule has 0 spiro atoms. The van der Waals surface area contributed by atoms with E-state index in [9.17, 15) is 18.3 Å². The molecule has 0 saturated carbocycles.